The highest BCUT2D eigenvalue weighted by atomic mass is 19.4. The number of amides is 1. The Labute approximate surface area is 224 Å². The van der Waals surface area contributed by atoms with Crippen LogP contribution in [0.15, 0.2) is 66.9 Å². The third kappa shape index (κ3) is 7.49. The van der Waals surface area contributed by atoms with Gasteiger partial charge in [0.2, 0.25) is 5.91 Å². The number of anilines is 1. The van der Waals surface area contributed by atoms with Gasteiger partial charge in [0.1, 0.15) is 11.6 Å². The fourth-order valence-corrected chi connectivity index (χ4v) is 4.64. The zero-order valence-corrected chi connectivity index (χ0v) is 21.5. The summed E-state index contributed by atoms with van der Waals surface area (Å²) in [4.78, 5) is 32.6. The summed E-state index contributed by atoms with van der Waals surface area (Å²) in [5, 5.41) is 9.38. The van der Waals surface area contributed by atoms with Gasteiger partial charge in [0.15, 0.2) is 0 Å². The summed E-state index contributed by atoms with van der Waals surface area (Å²) >= 11 is 0. The van der Waals surface area contributed by atoms with Gasteiger partial charge in [-0.2, -0.15) is 13.2 Å². The molecule has 0 bridgehead atoms. The molecule has 2 aromatic carbocycles. The number of pyridine rings is 1. The average Bonchev–Trinajstić information content (AvgIpc) is 3.02. The lowest BCUT2D eigenvalue weighted by Gasteiger charge is -2.24. The first kappa shape index (κ1) is 27.9. The van der Waals surface area contributed by atoms with Crippen LogP contribution in [0.3, 0.4) is 0 Å². The SMILES string of the molecule is CN(CCCOc1ccc2c(c1)CN(Cc1ccc(C(F)(F)F)cc1)C(=O)C(CC(=O)O)C2)c1ccccn1. The molecular formula is C29H30F3N3O4. The van der Waals surface area contributed by atoms with Crippen molar-refractivity contribution in [3.05, 3.63) is 89.1 Å². The number of rotatable bonds is 10. The number of benzene rings is 2. The minimum Gasteiger partial charge on any atom is -0.494 e. The number of alkyl halides is 3. The molecule has 3 aromatic rings. The van der Waals surface area contributed by atoms with Gasteiger partial charge in [-0.1, -0.05) is 24.3 Å². The maximum Gasteiger partial charge on any atom is 0.416 e. The van der Waals surface area contributed by atoms with Crippen molar-refractivity contribution in [1.29, 1.82) is 0 Å². The lowest BCUT2D eigenvalue weighted by molar-refractivity contribution is -0.144. The van der Waals surface area contributed by atoms with Crippen molar-refractivity contribution in [3.8, 4) is 5.75 Å². The zero-order chi connectivity index (χ0) is 28.0. The van der Waals surface area contributed by atoms with Gasteiger partial charge < -0.3 is 19.6 Å². The molecule has 2 heterocycles. The third-order valence-electron chi connectivity index (χ3n) is 6.69. The molecule has 206 valence electrons. The molecule has 4 rings (SSSR count). The van der Waals surface area contributed by atoms with Crippen LogP contribution in [0.5, 0.6) is 5.75 Å². The van der Waals surface area contributed by atoms with Crippen molar-refractivity contribution in [3.63, 3.8) is 0 Å². The Morgan fingerprint density at radius 3 is 2.56 bits per heavy atom. The number of aromatic nitrogens is 1. The molecule has 0 saturated heterocycles. The first-order valence-electron chi connectivity index (χ1n) is 12.6. The predicted octanol–water partition coefficient (Wildman–Crippen LogP) is 5.18. The van der Waals surface area contributed by atoms with Crippen LogP contribution in [0.25, 0.3) is 0 Å². The van der Waals surface area contributed by atoms with Crippen molar-refractivity contribution < 1.29 is 32.6 Å². The van der Waals surface area contributed by atoms with Crippen molar-refractivity contribution >= 4 is 17.7 Å². The second kappa shape index (κ2) is 12.2. The molecule has 1 aliphatic rings. The normalized spacial score (nSPS) is 15.4. The van der Waals surface area contributed by atoms with E-state index < -0.39 is 23.6 Å². The molecule has 39 heavy (non-hydrogen) atoms. The van der Waals surface area contributed by atoms with Crippen molar-refractivity contribution in [1.82, 2.24) is 9.88 Å². The Balaban J connectivity index is 1.45. The summed E-state index contributed by atoms with van der Waals surface area (Å²) in [5.41, 5.74) is 1.44. The Bertz CT molecular complexity index is 1280. The van der Waals surface area contributed by atoms with E-state index in [2.05, 4.69) is 4.98 Å². The number of ether oxygens (including phenoxy) is 1. The molecule has 1 aromatic heterocycles. The molecule has 1 atom stereocenters. The maximum atomic E-state index is 13.3. The quantitative estimate of drug-likeness (QED) is 0.356. The Hall–Kier alpha value is -4.08. The number of hydrogen-bond acceptors (Lipinski definition) is 5. The average molecular weight is 542 g/mol. The van der Waals surface area contributed by atoms with Crippen molar-refractivity contribution in [2.24, 2.45) is 5.92 Å². The fraction of sp³-hybridized carbons (Fsp3) is 0.345. The second-order valence-corrected chi connectivity index (χ2v) is 9.63. The largest absolute Gasteiger partial charge is 0.494 e. The predicted molar refractivity (Wildman–Crippen MR) is 139 cm³/mol. The summed E-state index contributed by atoms with van der Waals surface area (Å²) in [6, 6.07) is 15.9. The molecule has 0 aliphatic carbocycles. The van der Waals surface area contributed by atoms with Crippen LogP contribution in [0.1, 0.15) is 35.1 Å². The van der Waals surface area contributed by atoms with Gasteiger partial charge in [-0.15, -0.1) is 0 Å². The first-order valence-corrected chi connectivity index (χ1v) is 12.6. The number of carbonyl (C=O) groups is 2. The van der Waals surface area contributed by atoms with Gasteiger partial charge >= 0.3 is 12.1 Å². The summed E-state index contributed by atoms with van der Waals surface area (Å²) in [7, 11) is 1.96. The molecule has 0 fully saturated rings. The van der Waals surface area contributed by atoms with Gasteiger partial charge in [0.25, 0.3) is 0 Å². The number of carbonyl (C=O) groups excluding carboxylic acids is 1. The minimum absolute atomic E-state index is 0.0669. The zero-order valence-electron chi connectivity index (χ0n) is 21.5. The molecule has 10 heteroatoms. The van der Waals surface area contributed by atoms with E-state index in [1.807, 2.05) is 48.3 Å². The van der Waals surface area contributed by atoms with Crippen LogP contribution in [-0.4, -0.2) is 47.1 Å². The van der Waals surface area contributed by atoms with E-state index in [0.29, 0.717) is 17.9 Å². The molecule has 0 spiro atoms. The summed E-state index contributed by atoms with van der Waals surface area (Å²) < 4.78 is 44.8. The second-order valence-electron chi connectivity index (χ2n) is 9.63. The van der Waals surface area contributed by atoms with E-state index in [1.54, 1.807) is 6.20 Å². The van der Waals surface area contributed by atoms with E-state index in [0.717, 1.165) is 42.0 Å². The van der Waals surface area contributed by atoms with Gasteiger partial charge in [0, 0.05) is 32.9 Å². The number of carboxylic acid groups (broad SMARTS) is 1. The number of aliphatic carboxylic acids is 1. The number of hydrogen-bond donors (Lipinski definition) is 1. The van der Waals surface area contributed by atoms with Gasteiger partial charge in [-0.05, 0) is 65.9 Å². The van der Waals surface area contributed by atoms with Crippen molar-refractivity contribution in [2.45, 2.75) is 38.5 Å². The summed E-state index contributed by atoms with van der Waals surface area (Å²) in [5.74, 6) is -0.688. The number of halogens is 3. The maximum absolute atomic E-state index is 13.3. The molecule has 1 aliphatic heterocycles. The molecular weight excluding hydrogens is 511 g/mol. The summed E-state index contributed by atoms with van der Waals surface area (Å²) in [6.07, 6.45) is -2.02. The fourth-order valence-electron chi connectivity index (χ4n) is 4.64. The number of fused-ring (bicyclic) bond motifs is 1. The molecule has 1 amide bonds. The first-order chi connectivity index (χ1) is 18.6. The number of nitrogens with zero attached hydrogens (tertiary/aromatic N) is 3. The minimum atomic E-state index is -4.45. The molecule has 7 nitrogen and oxygen atoms in total. The van der Waals surface area contributed by atoms with Crippen LogP contribution in [-0.2, 0) is 35.3 Å². The van der Waals surface area contributed by atoms with Gasteiger partial charge in [-0.3, -0.25) is 9.59 Å². The molecule has 1 unspecified atom stereocenters. The van der Waals surface area contributed by atoms with Crippen LogP contribution < -0.4 is 9.64 Å². The number of carboxylic acids is 1. The lowest BCUT2D eigenvalue weighted by Crippen LogP contribution is -2.35. The highest BCUT2D eigenvalue weighted by Gasteiger charge is 2.32. The van der Waals surface area contributed by atoms with Crippen LogP contribution in [0.2, 0.25) is 0 Å². The molecule has 0 radical (unpaired) electrons. The third-order valence-corrected chi connectivity index (χ3v) is 6.69. The highest BCUT2D eigenvalue weighted by molar-refractivity contribution is 5.84. The lowest BCUT2D eigenvalue weighted by atomic mass is 9.94. The van der Waals surface area contributed by atoms with Crippen LogP contribution in [0, 0.1) is 5.92 Å². The smallest absolute Gasteiger partial charge is 0.416 e. The van der Waals surface area contributed by atoms with Crippen molar-refractivity contribution in [2.75, 3.05) is 25.1 Å². The van der Waals surface area contributed by atoms with Crippen LogP contribution in [0.4, 0.5) is 19.0 Å². The van der Waals surface area contributed by atoms with Gasteiger partial charge in [0.05, 0.1) is 24.5 Å². The molecule has 1 N–H and O–H groups in total. The monoisotopic (exact) mass is 541 g/mol. The van der Waals surface area contributed by atoms with E-state index in [9.17, 15) is 27.9 Å². The van der Waals surface area contributed by atoms with Gasteiger partial charge in [-0.25, -0.2) is 4.98 Å². The van der Waals surface area contributed by atoms with Crippen LogP contribution >= 0.6 is 0 Å². The Morgan fingerprint density at radius 1 is 1.13 bits per heavy atom. The van der Waals surface area contributed by atoms with E-state index in [4.69, 9.17) is 4.74 Å². The van der Waals surface area contributed by atoms with E-state index in [1.165, 1.54) is 17.0 Å². The Kier molecular flexibility index (Phi) is 8.73. The topological polar surface area (TPSA) is 83.0 Å². The standard InChI is InChI=1S/C29H30F3N3O4/c1-34(26-5-2-3-12-33-26)13-4-14-39-25-11-8-21-15-22(17-27(36)37)28(38)35(19-23(21)16-25)18-20-6-9-24(10-7-20)29(30,31)32/h2-3,5-12,16,22H,4,13-15,17-19H2,1H3,(H,36,37). The highest BCUT2D eigenvalue weighted by Crippen LogP contribution is 2.31. The summed E-state index contributed by atoms with van der Waals surface area (Å²) in [6.45, 7) is 1.47. The Morgan fingerprint density at radius 2 is 1.90 bits per heavy atom. The van der Waals surface area contributed by atoms with E-state index in [-0.39, 0.29) is 31.8 Å². The molecule has 0 saturated carbocycles. The van der Waals surface area contributed by atoms with E-state index >= 15 is 0 Å².